The Labute approximate surface area is 240 Å². The fourth-order valence-electron chi connectivity index (χ4n) is 4.82. The van der Waals surface area contributed by atoms with Gasteiger partial charge >= 0.3 is 6.18 Å². The molecule has 10 heteroatoms. The second-order valence-electron chi connectivity index (χ2n) is 9.76. The van der Waals surface area contributed by atoms with Crippen LogP contribution in [0.25, 0.3) is 10.9 Å². The van der Waals surface area contributed by atoms with Gasteiger partial charge in [0.2, 0.25) is 5.72 Å². The first-order chi connectivity index (χ1) is 19.6. The monoisotopic (exact) mass is 581 g/mol. The minimum Gasteiger partial charge on any atom is -0.488 e. The van der Waals surface area contributed by atoms with Gasteiger partial charge in [-0.15, -0.1) is 0 Å². The first kappa shape index (κ1) is 28.4. The van der Waals surface area contributed by atoms with Gasteiger partial charge in [0, 0.05) is 47.9 Å². The first-order valence-electron chi connectivity index (χ1n) is 13.0. The molecule has 0 fully saturated rings. The molecule has 1 atom stereocenters. The number of pyridine rings is 1. The number of ether oxygens (including phenoxy) is 1. The van der Waals surface area contributed by atoms with E-state index in [-0.39, 0.29) is 25.3 Å². The lowest BCUT2D eigenvalue weighted by molar-refractivity contribution is -0.147. The number of hydrogen-bond acceptors (Lipinski definition) is 5. The molecule has 0 saturated carbocycles. The van der Waals surface area contributed by atoms with Gasteiger partial charge in [-0.05, 0) is 53.9 Å². The summed E-state index contributed by atoms with van der Waals surface area (Å²) in [6.45, 7) is 0.762. The highest BCUT2D eigenvalue weighted by atomic mass is 35.5. The van der Waals surface area contributed by atoms with Crippen molar-refractivity contribution in [2.24, 2.45) is 0 Å². The van der Waals surface area contributed by atoms with Crippen LogP contribution in [-0.2, 0) is 28.7 Å². The Morgan fingerprint density at radius 2 is 1.76 bits per heavy atom. The van der Waals surface area contributed by atoms with Crippen LogP contribution in [0.2, 0.25) is 5.02 Å². The molecule has 5 rings (SSSR count). The van der Waals surface area contributed by atoms with E-state index in [1.54, 1.807) is 18.3 Å². The quantitative estimate of drug-likeness (QED) is 0.207. The van der Waals surface area contributed by atoms with Gasteiger partial charge in [0.15, 0.2) is 5.76 Å². The Kier molecular flexibility index (Phi) is 8.19. The van der Waals surface area contributed by atoms with E-state index >= 15 is 0 Å². The molecule has 212 valence electrons. The number of amides is 1. The maximum Gasteiger partial charge on any atom is 0.416 e. The summed E-state index contributed by atoms with van der Waals surface area (Å²) >= 11 is 6.08. The van der Waals surface area contributed by atoms with E-state index < -0.39 is 23.4 Å². The molecule has 41 heavy (non-hydrogen) atoms. The Morgan fingerprint density at radius 1 is 1.00 bits per heavy atom. The van der Waals surface area contributed by atoms with Gasteiger partial charge in [-0.2, -0.15) is 13.2 Å². The SMILES string of the molecule is O=C1C=C(OCc2ccccc2)C(O)(Cc2ccc(C(F)(F)F)cc2)N1CCCNc1ccnc2cc(Cl)ccc12. The minimum absolute atomic E-state index is 0.0521. The van der Waals surface area contributed by atoms with Crippen LogP contribution in [0.3, 0.4) is 0 Å². The van der Waals surface area contributed by atoms with Crippen molar-refractivity contribution < 1.29 is 27.8 Å². The highest BCUT2D eigenvalue weighted by molar-refractivity contribution is 6.31. The fourth-order valence-corrected chi connectivity index (χ4v) is 4.99. The molecule has 4 aromatic rings. The number of carbonyl (C=O) groups is 1. The van der Waals surface area contributed by atoms with Gasteiger partial charge < -0.3 is 20.1 Å². The summed E-state index contributed by atoms with van der Waals surface area (Å²) in [4.78, 5) is 18.7. The number of nitrogens with one attached hydrogen (secondary N) is 1. The molecule has 6 nitrogen and oxygen atoms in total. The summed E-state index contributed by atoms with van der Waals surface area (Å²) in [5, 5.41) is 16.7. The van der Waals surface area contributed by atoms with Crippen LogP contribution in [0.15, 0.2) is 96.9 Å². The van der Waals surface area contributed by atoms with E-state index in [0.29, 0.717) is 23.6 Å². The molecule has 2 heterocycles. The molecule has 1 aliphatic heterocycles. The first-order valence-corrected chi connectivity index (χ1v) is 13.4. The molecule has 0 aliphatic carbocycles. The van der Waals surface area contributed by atoms with Gasteiger partial charge in [0.25, 0.3) is 5.91 Å². The molecular weight excluding hydrogens is 555 g/mol. The summed E-state index contributed by atoms with van der Waals surface area (Å²) in [6, 6.07) is 21.1. The molecule has 2 N–H and O–H groups in total. The van der Waals surface area contributed by atoms with Crippen molar-refractivity contribution in [1.82, 2.24) is 9.88 Å². The molecule has 0 radical (unpaired) electrons. The zero-order chi connectivity index (χ0) is 29.0. The van der Waals surface area contributed by atoms with Gasteiger partial charge in [0.05, 0.1) is 11.1 Å². The van der Waals surface area contributed by atoms with Crippen molar-refractivity contribution in [3.63, 3.8) is 0 Å². The second kappa shape index (κ2) is 11.8. The average Bonchev–Trinajstić information content (AvgIpc) is 3.18. The van der Waals surface area contributed by atoms with E-state index in [2.05, 4.69) is 10.3 Å². The maximum atomic E-state index is 13.1. The lowest BCUT2D eigenvalue weighted by Crippen LogP contribution is -2.51. The standard InChI is InChI=1S/C31H27ClF3N3O3/c32-24-11-12-25-26(13-15-37-27(25)17-24)36-14-4-16-38-29(39)18-28(41-20-22-5-2-1-3-6-22)30(38,40)19-21-7-9-23(10-8-21)31(33,34)35/h1-3,5-13,15,17-18,40H,4,14,16,19-20H2,(H,36,37). The highest BCUT2D eigenvalue weighted by Crippen LogP contribution is 2.35. The normalized spacial score (nSPS) is 17.1. The van der Waals surface area contributed by atoms with Crippen LogP contribution < -0.4 is 5.32 Å². The maximum absolute atomic E-state index is 13.1. The molecular formula is C31H27ClF3N3O3. The van der Waals surface area contributed by atoms with Crippen LogP contribution in [0.1, 0.15) is 23.1 Å². The number of benzene rings is 3. The van der Waals surface area contributed by atoms with Crippen LogP contribution in [0.4, 0.5) is 18.9 Å². The Hall–Kier alpha value is -4.08. The minimum atomic E-state index is -4.48. The molecule has 1 aromatic heterocycles. The number of carbonyl (C=O) groups excluding carboxylic acids is 1. The molecule has 1 aliphatic rings. The van der Waals surface area contributed by atoms with Gasteiger partial charge in [-0.1, -0.05) is 54.1 Å². The fraction of sp³-hybridized carbons (Fsp3) is 0.226. The molecule has 0 bridgehead atoms. The largest absolute Gasteiger partial charge is 0.488 e. The third-order valence-electron chi connectivity index (χ3n) is 6.91. The highest BCUT2D eigenvalue weighted by Gasteiger charge is 2.47. The number of fused-ring (bicyclic) bond motifs is 1. The van der Waals surface area contributed by atoms with Crippen LogP contribution in [-0.4, -0.2) is 39.7 Å². The third kappa shape index (κ3) is 6.47. The predicted octanol–water partition coefficient (Wildman–Crippen LogP) is 6.58. The second-order valence-corrected chi connectivity index (χ2v) is 10.2. The number of hydrogen-bond donors (Lipinski definition) is 2. The number of aromatic nitrogens is 1. The molecule has 3 aromatic carbocycles. The average molecular weight is 582 g/mol. The van der Waals surface area contributed by atoms with E-state index in [1.807, 2.05) is 42.5 Å². The van der Waals surface area contributed by atoms with Crippen molar-refractivity contribution in [3.8, 4) is 0 Å². The van der Waals surface area contributed by atoms with Gasteiger partial charge in [-0.25, -0.2) is 0 Å². The van der Waals surface area contributed by atoms with E-state index in [4.69, 9.17) is 16.3 Å². The summed E-state index contributed by atoms with van der Waals surface area (Å²) in [5.74, 6) is -0.386. The smallest absolute Gasteiger partial charge is 0.416 e. The van der Waals surface area contributed by atoms with Crippen LogP contribution in [0.5, 0.6) is 0 Å². The van der Waals surface area contributed by atoms with E-state index in [9.17, 15) is 23.1 Å². The Bertz CT molecular complexity index is 1560. The number of rotatable bonds is 10. The molecule has 0 saturated heterocycles. The third-order valence-corrected chi connectivity index (χ3v) is 7.14. The zero-order valence-electron chi connectivity index (χ0n) is 21.9. The molecule has 0 spiro atoms. The summed E-state index contributed by atoms with van der Waals surface area (Å²) < 4.78 is 45.2. The number of anilines is 1. The summed E-state index contributed by atoms with van der Waals surface area (Å²) in [5.41, 5.74) is 0.199. The zero-order valence-corrected chi connectivity index (χ0v) is 22.6. The lowest BCUT2D eigenvalue weighted by Gasteiger charge is -2.36. The van der Waals surface area contributed by atoms with Crippen molar-refractivity contribution in [3.05, 3.63) is 119 Å². The van der Waals surface area contributed by atoms with Crippen molar-refractivity contribution in [2.75, 3.05) is 18.4 Å². The summed E-state index contributed by atoms with van der Waals surface area (Å²) in [7, 11) is 0. The number of alkyl halides is 3. The van der Waals surface area contributed by atoms with Crippen LogP contribution >= 0.6 is 11.6 Å². The Morgan fingerprint density at radius 3 is 2.49 bits per heavy atom. The molecule has 1 unspecified atom stereocenters. The molecule has 1 amide bonds. The van der Waals surface area contributed by atoms with Crippen molar-refractivity contribution in [1.29, 1.82) is 0 Å². The lowest BCUT2D eigenvalue weighted by atomic mass is 9.99. The number of halogens is 4. The topological polar surface area (TPSA) is 74.7 Å². The summed E-state index contributed by atoms with van der Waals surface area (Å²) in [6.07, 6.45) is -1.22. The Balaban J connectivity index is 1.31. The predicted molar refractivity (Wildman–Crippen MR) is 151 cm³/mol. The number of nitrogens with zero attached hydrogens (tertiary/aromatic N) is 2. The van der Waals surface area contributed by atoms with Gasteiger partial charge in [0.1, 0.15) is 6.61 Å². The van der Waals surface area contributed by atoms with E-state index in [0.717, 1.165) is 34.3 Å². The van der Waals surface area contributed by atoms with Crippen LogP contribution in [0, 0.1) is 0 Å². The van der Waals surface area contributed by atoms with E-state index in [1.165, 1.54) is 23.1 Å². The number of aliphatic hydroxyl groups is 1. The van der Waals surface area contributed by atoms with Gasteiger partial charge in [-0.3, -0.25) is 9.78 Å². The van der Waals surface area contributed by atoms with Crippen molar-refractivity contribution in [2.45, 2.75) is 31.3 Å². The van der Waals surface area contributed by atoms with Crippen molar-refractivity contribution >= 4 is 34.1 Å².